The minimum absolute atomic E-state index is 1.10. The Morgan fingerprint density at radius 2 is 0.600 bits per heavy atom. The van der Waals surface area contributed by atoms with Crippen molar-refractivity contribution in [2.45, 2.75) is 27.7 Å². The average molecular weight is 520 g/mol. The van der Waals surface area contributed by atoms with Crippen LogP contribution in [-0.2, 0) is 0 Å². The van der Waals surface area contributed by atoms with Crippen LogP contribution in [0, 0.1) is 27.7 Å². The maximum absolute atomic E-state index is 3.55. The van der Waals surface area contributed by atoms with Crippen LogP contribution in [0.2, 0.25) is 0 Å². The molecule has 2 heteroatoms. The molecule has 0 heterocycles. The Morgan fingerprint density at radius 3 is 0.933 bits per heavy atom. The molecule has 0 amide bonds. The lowest BCUT2D eigenvalue weighted by molar-refractivity contribution is 1.24. The van der Waals surface area contributed by atoms with E-state index in [-0.39, 0.29) is 0 Å². The number of benzene rings is 4. The molecule has 0 unspecified atom stereocenters. The topological polar surface area (TPSA) is 0 Å². The average Bonchev–Trinajstić information content (AvgIpc) is 2.75. The summed E-state index contributed by atoms with van der Waals surface area (Å²) < 4.78 is 2.21. The Balaban J connectivity index is 1.80. The van der Waals surface area contributed by atoms with Crippen molar-refractivity contribution in [2.75, 3.05) is 0 Å². The van der Waals surface area contributed by atoms with Crippen LogP contribution in [0.1, 0.15) is 22.3 Å². The summed E-state index contributed by atoms with van der Waals surface area (Å²) in [5.74, 6) is 0. The maximum Gasteiger partial charge on any atom is 0.0175 e. The summed E-state index contributed by atoms with van der Waals surface area (Å²) in [6.07, 6.45) is 0. The van der Waals surface area contributed by atoms with Crippen molar-refractivity contribution in [3.05, 3.63) is 104 Å². The SMILES string of the molecule is Cc1c(C)c(-c2ccc(-c3ccc(Br)cc3)cc2)c(C)c(C)c1-c1ccc(Br)cc1. The molecular formula is C28H24Br2. The van der Waals surface area contributed by atoms with E-state index in [1.807, 2.05) is 0 Å². The minimum Gasteiger partial charge on any atom is -0.0538 e. The van der Waals surface area contributed by atoms with Crippen LogP contribution in [0.5, 0.6) is 0 Å². The molecule has 150 valence electrons. The molecule has 0 spiro atoms. The number of halogens is 2. The van der Waals surface area contributed by atoms with E-state index < -0.39 is 0 Å². The van der Waals surface area contributed by atoms with E-state index in [0.717, 1.165) is 8.95 Å². The number of hydrogen-bond donors (Lipinski definition) is 0. The first-order valence-electron chi connectivity index (χ1n) is 10.1. The standard InChI is InChI=1S/C28H24Br2/c1-17-19(3)28(24-11-15-26(30)16-12-24)20(4)18(2)27(17)23-7-5-21(6-8-23)22-9-13-25(29)14-10-22/h5-16H,1-4H3. The van der Waals surface area contributed by atoms with Crippen molar-refractivity contribution < 1.29 is 0 Å². The summed E-state index contributed by atoms with van der Waals surface area (Å²) in [4.78, 5) is 0. The zero-order valence-corrected chi connectivity index (χ0v) is 20.9. The second kappa shape index (κ2) is 8.53. The molecule has 0 nitrogen and oxygen atoms in total. The van der Waals surface area contributed by atoms with Gasteiger partial charge in [0.1, 0.15) is 0 Å². The molecular weight excluding hydrogens is 496 g/mol. The second-order valence-electron chi connectivity index (χ2n) is 7.84. The third-order valence-electron chi connectivity index (χ3n) is 6.11. The van der Waals surface area contributed by atoms with Crippen LogP contribution in [0.3, 0.4) is 0 Å². The maximum atomic E-state index is 3.55. The summed E-state index contributed by atoms with van der Waals surface area (Å²) in [5.41, 5.74) is 13.1. The molecule has 4 rings (SSSR count). The molecule has 0 aromatic heterocycles. The Bertz CT molecular complexity index is 1170. The zero-order valence-electron chi connectivity index (χ0n) is 17.7. The Morgan fingerprint density at radius 1 is 0.367 bits per heavy atom. The third-order valence-corrected chi connectivity index (χ3v) is 7.17. The first-order valence-corrected chi connectivity index (χ1v) is 11.7. The molecule has 0 saturated heterocycles. The summed E-state index contributed by atoms with van der Waals surface area (Å²) >= 11 is 7.06. The van der Waals surface area contributed by atoms with E-state index in [9.17, 15) is 0 Å². The van der Waals surface area contributed by atoms with E-state index in [1.54, 1.807) is 0 Å². The molecule has 0 saturated carbocycles. The highest BCUT2D eigenvalue weighted by atomic mass is 79.9. The van der Waals surface area contributed by atoms with Crippen LogP contribution in [0.25, 0.3) is 33.4 Å². The molecule has 4 aromatic carbocycles. The minimum atomic E-state index is 1.10. The molecule has 30 heavy (non-hydrogen) atoms. The molecule has 0 atom stereocenters. The molecule has 0 aliphatic rings. The molecule has 0 fully saturated rings. The zero-order chi connectivity index (χ0) is 21.4. The van der Waals surface area contributed by atoms with E-state index >= 15 is 0 Å². The van der Waals surface area contributed by atoms with Crippen molar-refractivity contribution in [1.29, 1.82) is 0 Å². The van der Waals surface area contributed by atoms with Gasteiger partial charge in [0.05, 0.1) is 0 Å². The first-order chi connectivity index (χ1) is 14.4. The Kier molecular flexibility index (Phi) is 5.99. The molecule has 0 bridgehead atoms. The molecule has 0 aliphatic carbocycles. The summed E-state index contributed by atoms with van der Waals surface area (Å²) in [6, 6.07) is 26.1. The fraction of sp³-hybridized carbons (Fsp3) is 0.143. The van der Waals surface area contributed by atoms with Gasteiger partial charge in [0, 0.05) is 8.95 Å². The van der Waals surface area contributed by atoms with Gasteiger partial charge < -0.3 is 0 Å². The van der Waals surface area contributed by atoms with E-state index in [1.165, 1.54) is 55.6 Å². The van der Waals surface area contributed by atoms with Gasteiger partial charge in [-0.15, -0.1) is 0 Å². The van der Waals surface area contributed by atoms with Crippen LogP contribution >= 0.6 is 31.9 Å². The predicted octanol–water partition coefficient (Wildman–Crippen LogP) is 9.45. The highest BCUT2D eigenvalue weighted by Crippen LogP contribution is 2.39. The molecule has 0 N–H and O–H groups in total. The highest BCUT2D eigenvalue weighted by molar-refractivity contribution is 9.10. The third kappa shape index (κ3) is 3.91. The van der Waals surface area contributed by atoms with Crippen LogP contribution < -0.4 is 0 Å². The van der Waals surface area contributed by atoms with Crippen LogP contribution in [0.4, 0.5) is 0 Å². The van der Waals surface area contributed by atoms with Gasteiger partial charge in [-0.3, -0.25) is 0 Å². The van der Waals surface area contributed by atoms with E-state index in [0.29, 0.717) is 0 Å². The smallest absolute Gasteiger partial charge is 0.0175 e. The number of rotatable bonds is 3. The van der Waals surface area contributed by atoms with Gasteiger partial charge in [-0.05, 0) is 108 Å². The van der Waals surface area contributed by atoms with Gasteiger partial charge in [0.2, 0.25) is 0 Å². The van der Waals surface area contributed by atoms with Crippen LogP contribution in [-0.4, -0.2) is 0 Å². The molecule has 4 aromatic rings. The van der Waals surface area contributed by atoms with Crippen molar-refractivity contribution in [3.63, 3.8) is 0 Å². The largest absolute Gasteiger partial charge is 0.0538 e. The lowest BCUT2D eigenvalue weighted by Crippen LogP contribution is -2.00. The monoisotopic (exact) mass is 518 g/mol. The normalized spacial score (nSPS) is 11.0. The van der Waals surface area contributed by atoms with E-state index in [2.05, 4.69) is 132 Å². The molecule has 0 aliphatic heterocycles. The van der Waals surface area contributed by atoms with Gasteiger partial charge in [0.25, 0.3) is 0 Å². The van der Waals surface area contributed by atoms with Gasteiger partial charge in [-0.1, -0.05) is 80.4 Å². The van der Waals surface area contributed by atoms with Crippen molar-refractivity contribution in [3.8, 4) is 33.4 Å². The van der Waals surface area contributed by atoms with E-state index in [4.69, 9.17) is 0 Å². The van der Waals surface area contributed by atoms with Crippen molar-refractivity contribution in [2.24, 2.45) is 0 Å². The number of hydrogen-bond acceptors (Lipinski definition) is 0. The Labute approximate surface area is 196 Å². The second-order valence-corrected chi connectivity index (χ2v) is 9.67. The lowest BCUT2D eigenvalue weighted by atomic mass is 9.83. The first kappa shape index (κ1) is 21.1. The summed E-state index contributed by atoms with van der Waals surface area (Å²) in [6.45, 7) is 9.00. The van der Waals surface area contributed by atoms with Gasteiger partial charge in [0.15, 0.2) is 0 Å². The van der Waals surface area contributed by atoms with Gasteiger partial charge in [-0.2, -0.15) is 0 Å². The molecule has 0 radical (unpaired) electrons. The fourth-order valence-corrected chi connectivity index (χ4v) is 4.80. The van der Waals surface area contributed by atoms with Crippen molar-refractivity contribution >= 4 is 31.9 Å². The highest BCUT2D eigenvalue weighted by Gasteiger charge is 2.17. The van der Waals surface area contributed by atoms with Crippen molar-refractivity contribution in [1.82, 2.24) is 0 Å². The fourth-order valence-electron chi connectivity index (χ4n) is 4.27. The quantitative estimate of drug-likeness (QED) is 0.253. The van der Waals surface area contributed by atoms with Crippen LogP contribution in [0.15, 0.2) is 81.7 Å². The summed E-state index contributed by atoms with van der Waals surface area (Å²) in [7, 11) is 0. The lowest BCUT2D eigenvalue weighted by Gasteiger charge is -2.21. The predicted molar refractivity (Wildman–Crippen MR) is 137 cm³/mol. The summed E-state index contributed by atoms with van der Waals surface area (Å²) in [5, 5.41) is 0. The Hall–Kier alpha value is -2.16. The van der Waals surface area contributed by atoms with Gasteiger partial charge >= 0.3 is 0 Å². The van der Waals surface area contributed by atoms with Gasteiger partial charge in [-0.25, -0.2) is 0 Å².